The molecule has 0 aromatic carbocycles. The molecule has 106 valence electrons. The third kappa shape index (κ3) is 5.21. The molecular weight excluding hydrogens is 326 g/mol. The summed E-state index contributed by atoms with van der Waals surface area (Å²) in [6, 6.07) is 4.42. The molecule has 0 amide bonds. The number of hydrogen-bond acceptors (Lipinski definition) is 5. The van der Waals surface area contributed by atoms with E-state index >= 15 is 0 Å². The van der Waals surface area contributed by atoms with Crippen LogP contribution in [-0.4, -0.2) is 37.7 Å². The summed E-state index contributed by atoms with van der Waals surface area (Å²) in [6.45, 7) is 4.13. The molecule has 0 saturated heterocycles. The summed E-state index contributed by atoms with van der Waals surface area (Å²) in [7, 11) is 1.69. The fourth-order valence-corrected chi connectivity index (χ4v) is 3.74. The van der Waals surface area contributed by atoms with Crippen molar-refractivity contribution in [2.45, 2.75) is 25.4 Å². The van der Waals surface area contributed by atoms with E-state index in [0.717, 1.165) is 11.0 Å². The molecule has 2 atom stereocenters. The lowest BCUT2D eigenvalue weighted by Gasteiger charge is -2.33. The predicted molar refractivity (Wildman–Crippen MR) is 82.1 cm³/mol. The zero-order valence-electron chi connectivity index (χ0n) is 11.3. The third-order valence-electron chi connectivity index (χ3n) is 2.86. The Kier molecular flexibility index (Phi) is 7.57. The second kappa shape index (κ2) is 8.67. The fourth-order valence-electron chi connectivity index (χ4n) is 2.05. The number of hydrogen-bond donors (Lipinski definition) is 1. The maximum Gasteiger partial charge on any atom is 0.0635 e. The Morgan fingerprint density at radius 2 is 2.32 bits per heavy atom. The molecule has 0 saturated carbocycles. The van der Waals surface area contributed by atoms with E-state index in [1.54, 1.807) is 18.4 Å². The number of ether oxygens (including phenoxy) is 1. The Morgan fingerprint density at radius 1 is 1.58 bits per heavy atom. The first-order valence-electron chi connectivity index (χ1n) is 6.19. The lowest BCUT2D eigenvalue weighted by Crippen LogP contribution is -2.41. The van der Waals surface area contributed by atoms with E-state index in [9.17, 15) is 0 Å². The van der Waals surface area contributed by atoms with E-state index in [4.69, 9.17) is 15.7 Å². The van der Waals surface area contributed by atoms with Crippen LogP contribution in [0.5, 0.6) is 0 Å². The minimum atomic E-state index is 0.00102. The van der Waals surface area contributed by atoms with Crippen molar-refractivity contribution in [3.63, 3.8) is 0 Å². The molecule has 6 heteroatoms. The molecule has 1 aromatic rings. The summed E-state index contributed by atoms with van der Waals surface area (Å²) in [6.07, 6.45) is 0.499. The van der Waals surface area contributed by atoms with Crippen molar-refractivity contribution in [2.75, 3.05) is 26.8 Å². The molecule has 2 unspecified atom stereocenters. The second-order valence-electron chi connectivity index (χ2n) is 4.41. The van der Waals surface area contributed by atoms with Gasteiger partial charge in [-0.1, -0.05) is 0 Å². The molecule has 1 aromatic heterocycles. The van der Waals surface area contributed by atoms with Crippen LogP contribution in [0.25, 0.3) is 0 Å². The zero-order chi connectivity index (χ0) is 14.3. The van der Waals surface area contributed by atoms with Crippen LogP contribution in [0.4, 0.5) is 0 Å². The van der Waals surface area contributed by atoms with Gasteiger partial charge in [-0.2, -0.15) is 5.26 Å². The van der Waals surface area contributed by atoms with Crippen molar-refractivity contribution < 1.29 is 4.74 Å². The van der Waals surface area contributed by atoms with E-state index in [1.165, 1.54) is 4.88 Å². The van der Waals surface area contributed by atoms with Crippen LogP contribution in [0.2, 0.25) is 0 Å². The minimum absolute atomic E-state index is 0.00102. The van der Waals surface area contributed by atoms with Crippen LogP contribution in [-0.2, 0) is 4.74 Å². The van der Waals surface area contributed by atoms with Crippen LogP contribution in [0.3, 0.4) is 0 Å². The lowest BCUT2D eigenvalue weighted by atomic mass is 10.1. The molecule has 1 rings (SSSR count). The molecule has 0 fully saturated rings. The smallest absolute Gasteiger partial charge is 0.0635 e. The molecule has 0 spiro atoms. The zero-order valence-corrected chi connectivity index (χ0v) is 13.7. The molecule has 0 aliphatic heterocycles. The average Bonchev–Trinajstić information content (AvgIpc) is 2.78. The van der Waals surface area contributed by atoms with Crippen molar-refractivity contribution >= 4 is 27.3 Å². The summed E-state index contributed by atoms with van der Waals surface area (Å²) in [5, 5.41) is 10.9. The maximum atomic E-state index is 8.79. The number of rotatable bonds is 8. The van der Waals surface area contributed by atoms with Crippen molar-refractivity contribution in [1.29, 1.82) is 5.26 Å². The molecule has 0 aliphatic rings. The number of halogens is 1. The summed E-state index contributed by atoms with van der Waals surface area (Å²) in [5.41, 5.74) is 6.15. The van der Waals surface area contributed by atoms with E-state index in [0.29, 0.717) is 19.6 Å². The molecule has 0 radical (unpaired) electrons. The predicted octanol–water partition coefficient (Wildman–Crippen LogP) is 2.76. The van der Waals surface area contributed by atoms with Crippen molar-refractivity contribution in [2.24, 2.45) is 5.73 Å². The largest absolute Gasteiger partial charge is 0.383 e. The normalized spacial score (nSPS) is 14.3. The van der Waals surface area contributed by atoms with Gasteiger partial charge in [0.25, 0.3) is 0 Å². The number of nitrogens with zero attached hydrogens (tertiary/aromatic N) is 2. The molecule has 0 aliphatic carbocycles. The van der Waals surface area contributed by atoms with Gasteiger partial charge in [0, 0.05) is 47.4 Å². The van der Waals surface area contributed by atoms with Crippen molar-refractivity contribution in [3.8, 4) is 6.07 Å². The Bertz CT molecular complexity index is 416. The molecular formula is C13H20BrN3OS. The maximum absolute atomic E-state index is 8.79. The van der Waals surface area contributed by atoms with E-state index in [2.05, 4.69) is 38.3 Å². The van der Waals surface area contributed by atoms with Gasteiger partial charge in [-0.05, 0) is 28.9 Å². The average molecular weight is 346 g/mol. The van der Waals surface area contributed by atoms with E-state index in [1.807, 2.05) is 6.92 Å². The Labute approximate surface area is 127 Å². The Balaban J connectivity index is 2.87. The van der Waals surface area contributed by atoms with Gasteiger partial charge in [-0.15, -0.1) is 11.3 Å². The van der Waals surface area contributed by atoms with Crippen LogP contribution in [0.15, 0.2) is 15.9 Å². The number of thiophene rings is 1. The molecule has 4 nitrogen and oxygen atoms in total. The van der Waals surface area contributed by atoms with Crippen molar-refractivity contribution in [1.82, 2.24) is 4.90 Å². The standard InChI is InChI=1S/C13H20BrN3OS/c1-10(16)13(12-8-11(14)9-19-12)17(5-3-4-15)6-7-18-2/h8-10,13H,3,5-7,16H2,1-2H3. The van der Waals surface area contributed by atoms with Crippen LogP contribution in [0, 0.1) is 11.3 Å². The first-order valence-corrected chi connectivity index (χ1v) is 7.86. The quantitative estimate of drug-likeness (QED) is 0.786. The number of nitriles is 1. The summed E-state index contributed by atoms with van der Waals surface area (Å²) >= 11 is 5.17. The van der Waals surface area contributed by atoms with Gasteiger partial charge in [0.15, 0.2) is 0 Å². The van der Waals surface area contributed by atoms with Crippen molar-refractivity contribution in [3.05, 3.63) is 20.8 Å². The molecule has 0 bridgehead atoms. The minimum Gasteiger partial charge on any atom is -0.383 e. The highest BCUT2D eigenvalue weighted by atomic mass is 79.9. The lowest BCUT2D eigenvalue weighted by molar-refractivity contribution is 0.113. The summed E-state index contributed by atoms with van der Waals surface area (Å²) in [5.74, 6) is 0. The number of nitrogens with two attached hydrogens (primary N) is 1. The summed E-state index contributed by atoms with van der Waals surface area (Å²) < 4.78 is 6.23. The molecule has 2 N–H and O–H groups in total. The van der Waals surface area contributed by atoms with E-state index in [-0.39, 0.29) is 12.1 Å². The highest BCUT2D eigenvalue weighted by Crippen LogP contribution is 2.31. The third-order valence-corrected chi connectivity index (χ3v) is 4.63. The molecule has 1 heterocycles. The number of methoxy groups -OCH3 is 1. The van der Waals surface area contributed by atoms with Gasteiger partial charge < -0.3 is 10.5 Å². The Hall–Kier alpha value is -0.450. The first kappa shape index (κ1) is 16.6. The van der Waals surface area contributed by atoms with Gasteiger partial charge in [-0.25, -0.2) is 0 Å². The van der Waals surface area contributed by atoms with Gasteiger partial charge in [0.05, 0.1) is 18.7 Å². The monoisotopic (exact) mass is 345 g/mol. The van der Waals surface area contributed by atoms with Crippen LogP contribution in [0.1, 0.15) is 24.3 Å². The van der Waals surface area contributed by atoms with Gasteiger partial charge >= 0.3 is 0 Å². The van der Waals surface area contributed by atoms with Gasteiger partial charge in [0.1, 0.15) is 0 Å². The van der Waals surface area contributed by atoms with Gasteiger partial charge in [-0.3, -0.25) is 4.90 Å². The first-order chi connectivity index (χ1) is 9.10. The Morgan fingerprint density at radius 3 is 2.79 bits per heavy atom. The SMILES string of the molecule is COCCN(CCC#N)C(c1cc(Br)cs1)C(C)N. The second-order valence-corrected chi connectivity index (χ2v) is 6.27. The highest BCUT2D eigenvalue weighted by molar-refractivity contribution is 9.10. The fraction of sp³-hybridized carbons (Fsp3) is 0.615. The van der Waals surface area contributed by atoms with Crippen LogP contribution < -0.4 is 5.73 Å². The van der Waals surface area contributed by atoms with Crippen LogP contribution >= 0.6 is 27.3 Å². The highest BCUT2D eigenvalue weighted by Gasteiger charge is 2.25. The summed E-state index contributed by atoms with van der Waals surface area (Å²) in [4.78, 5) is 3.45. The molecule has 19 heavy (non-hydrogen) atoms. The van der Waals surface area contributed by atoms with Gasteiger partial charge in [0.2, 0.25) is 0 Å². The topological polar surface area (TPSA) is 62.3 Å². The van der Waals surface area contributed by atoms with E-state index < -0.39 is 0 Å².